The number of halogens is 1. The highest BCUT2D eigenvalue weighted by Gasteiger charge is 2.20. The molecule has 0 saturated carbocycles. The van der Waals surface area contributed by atoms with Crippen LogP contribution < -0.4 is 10.6 Å². The van der Waals surface area contributed by atoms with Gasteiger partial charge in [0.25, 0.3) is 0 Å². The zero-order valence-electron chi connectivity index (χ0n) is 19.2. The van der Waals surface area contributed by atoms with Crippen molar-refractivity contribution in [2.75, 3.05) is 5.32 Å². The lowest BCUT2D eigenvalue weighted by Crippen LogP contribution is -2.16. The van der Waals surface area contributed by atoms with Crippen molar-refractivity contribution in [2.45, 2.75) is 39.2 Å². The minimum Gasteiger partial charge on any atom is -0.372 e. The Morgan fingerprint density at radius 2 is 1.76 bits per heavy atom. The molecule has 0 bridgehead atoms. The normalized spacial score (nSPS) is 12.2. The number of nitrogens with zero attached hydrogens (tertiary/aromatic N) is 1. The molecule has 0 amide bonds. The Hall–Kier alpha value is -3.21. The predicted octanol–water partition coefficient (Wildman–Crippen LogP) is 7.42. The highest BCUT2D eigenvalue weighted by molar-refractivity contribution is 7.41. The largest absolute Gasteiger partial charge is 0.372 e. The summed E-state index contributed by atoms with van der Waals surface area (Å²) in [5, 5.41) is 4.51. The van der Waals surface area contributed by atoms with Crippen LogP contribution in [0.15, 0.2) is 78.9 Å². The van der Waals surface area contributed by atoms with Crippen molar-refractivity contribution in [3.8, 4) is 11.3 Å². The summed E-state index contributed by atoms with van der Waals surface area (Å²) >= 11 is 0. The molecule has 3 aromatic carbocycles. The van der Waals surface area contributed by atoms with Crippen LogP contribution in [0.2, 0.25) is 0 Å². The van der Waals surface area contributed by atoms with Crippen LogP contribution in [0, 0.1) is 12.1 Å². The number of pyridine rings is 1. The minimum absolute atomic E-state index is 0.181. The maximum Gasteiger partial charge on any atom is 0.102 e. The first-order chi connectivity index (χ1) is 16.1. The van der Waals surface area contributed by atoms with E-state index in [-0.39, 0.29) is 6.04 Å². The average Bonchev–Trinajstić information content (AvgIpc) is 2.87. The van der Waals surface area contributed by atoms with E-state index >= 15 is 0 Å². The summed E-state index contributed by atoms with van der Waals surface area (Å²) in [6.45, 7) is 6.62. The summed E-state index contributed by atoms with van der Waals surface area (Å²) in [6.07, 6.45) is 0.940. The van der Waals surface area contributed by atoms with Gasteiger partial charge in [0.2, 0.25) is 0 Å². The van der Waals surface area contributed by atoms with E-state index in [1.54, 1.807) is 0 Å². The molecule has 1 N–H and O–H groups in total. The van der Waals surface area contributed by atoms with Crippen LogP contribution in [-0.2, 0) is 6.42 Å². The molecule has 1 aromatic heterocycles. The van der Waals surface area contributed by atoms with Gasteiger partial charge in [-0.05, 0) is 47.7 Å². The summed E-state index contributed by atoms with van der Waals surface area (Å²) in [7, 11) is -0.700. The first-order valence-electron chi connectivity index (χ1n) is 11.3. The van der Waals surface area contributed by atoms with Crippen LogP contribution in [0.5, 0.6) is 0 Å². The summed E-state index contributed by atoms with van der Waals surface area (Å²) in [4.78, 5) is 5.01. The van der Waals surface area contributed by atoms with Gasteiger partial charge in [-0.3, -0.25) is 4.98 Å². The van der Waals surface area contributed by atoms with Crippen molar-refractivity contribution in [2.24, 2.45) is 0 Å². The van der Waals surface area contributed by atoms with Crippen LogP contribution >= 0.6 is 8.89 Å². The topological polar surface area (TPSA) is 24.9 Å². The molecule has 0 aliphatic heterocycles. The molecule has 166 valence electrons. The van der Waals surface area contributed by atoms with E-state index in [0.29, 0.717) is 11.2 Å². The molecular formula is C29H28FN2P. The Morgan fingerprint density at radius 1 is 0.970 bits per heavy atom. The van der Waals surface area contributed by atoms with Crippen molar-refractivity contribution < 1.29 is 4.20 Å². The SMILES string of the molecule is CCc1cccc(C(C)C)c1NC(c1c#cccc1)c1cccc(-c2ccc(PF)cc2)n1. The van der Waals surface area contributed by atoms with Gasteiger partial charge in [0.1, 0.15) is 6.04 Å². The van der Waals surface area contributed by atoms with Gasteiger partial charge in [-0.15, -0.1) is 0 Å². The molecule has 4 heteroatoms. The second-order valence-electron chi connectivity index (χ2n) is 8.34. The van der Waals surface area contributed by atoms with Crippen LogP contribution in [0.3, 0.4) is 0 Å². The third kappa shape index (κ3) is 5.24. The molecule has 4 aromatic rings. The van der Waals surface area contributed by atoms with Crippen LogP contribution in [-0.4, -0.2) is 4.98 Å². The maximum absolute atomic E-state index is 13.0. The second kappa shape index (κ2) is 10.6. The number of nitrogens with one attached hydrogen (secondary N) is 1. The molecule has 0 aliphatic rings. The van der Waals surface area contributed by atoms with Crippen LogP contribution in [0.4, 0.5) is 9.88 Å². The number of aromatic nitrogens is 1. The van der Waals surface area contributed by atoms with Gasteiger partial charge in [0, 0.05) is 22.1 Å². The molecule has 0 spiro atoms. The zero-order valence-corrected chi connectivity index (χ0v) is 20.2. The Kier molecular flexibility index (Phi) is 7.38. The highest BCUT2D eigenvalue weighted by atomic mass is 31.1. The van der Waals surface area contributed by atoms with Crippen molar-refractivity contribution in [1.29, 1.82) is 0 Å². The van der Waals surface area contributed by atoms with E-state index in [2.05, 4.69) is 62.5 Å². The smallest absolute Gasteiger partial charge is 0.102 e. The van der Waals surface area contributed by atoms with Crippen molar-refractivity contribution >= 4 is 19.9 Å². The molecule has 0 aliphatic carbocycles. The van der Waals surface area contributed by atoms with E-state index in [9.17, 15) is 4.20 Å². The highest BCUT2D eigenvalue weighted by Crippen LogP contribution is 2.34. The van der Waals surface area contributed by atoms with Gasteiger partial charge in [0.05, 0.1) is 20.3 Å². The number of anilines is 1. The third-order valence-corrected chi connectivity index (χ3v) is 6.37. The standard InChI is InChI=1S/C29H28FN2P/c1-4-21-12-8-13-25(20(2)3)28(21)32-29(23-10-6-5-7-11-23)27-15-9-14-26(31-27)22-16-18-24(33-30)19-17-22/h5-6,8-10,12-20,29,32-33H,4H2,1-3H3. The zero-order chi connectivity index (χ0) is 23.2. The number of para-hydroxylation sites is 1. The molecule has 0 saturated heterocycles. The minimum atomic E-state index is -0.700. The first-order valence-corrected chi connectivity index (χ1v) is 12.2. The van der Waals surface area contributed by atoms with Gasteiger partial charge in [-0.25, -0.2) is 4.20 Å². The molecule has 2 atom stereocenters. The quantitative estimate of drug-likeness (QED) is 0.280. The van der Waals surface area contributed by atoms with Crippen molar-refractivity contribution in [3.05, 3.63) is 113 Å². The Morgan fingerprint density at radius 3 is 2.42 bits per heavy atom. The lowest BCUT2D eigenvalue weighted by Gasteiger charge is -2.25. The van der Waals surface area contributed by atoms with Gasteiger partial charge >= 0.3 is 0 Å². The van der Waals surface area contributed by atoms with E-state index < -0.39 is 8.89 Å². The van der Waals surface area contributed by atoms with Gasteiger partial charge in [-0.1, -0.05) is 87.5 Å². The second-order valence-corrected chi connectivity index (χ2v) is 9.10. The number of rotatable bonds is 8. The Bertz CT molecular complexity index is 1190. The Labute approximate surface area is 198 Å². The van der Waals surface area contributed by atoms with Crippen LogP contribution in [0.25, 0.3) is 11.3 Å². The van der Waals surface area contributed by atoms with E-state index in [0.717, 1.165) is 34.6 Å². The molecule has 0 fully saturated rings. The third-order valence-electron chi connectivity index (χ3n) is 5.81. The monoisotopic (exact) mass is 454 g/mol. The fraction of sp³-hybridized carbons (Fsp3) is 0.207. The van der Waals surface area contributed by atoms with Gasteiger partial charge in [0.15, 0.2) is 0 Å². The predicted molar refractivity (Wildman–Crippen MR) is 138 cm³/mol. The fourth-order valence-electron chi connectivity index (χ4n) is 4.04. The average molecular weight is 455 g/mol. The number of aryl methyl sites for hydroxylation is 1. The van der Waals surface area contributed by atoms with Crippen molar-refractivity contribution in [3.63, 3.8) is 0 Å². The summed E-state index contributed by atoms with van der Waals surface area (Å²) in [6, 6.07) is 32.2. The number of hydrogen-bond acceptors (Lipinski definition) is 2. The Balaban J connectivity index is 1.79. The molecule has 0 radical (unpaired) electrons. The molecule has 4 rings (SSSR count). The molecule has 33 heavy (non-hydrogen) atoms. The van der Waals surface area contributed by atoms with Crippen molar-refractivity contribution in [1.82, 2.24) is 4.98 Å². The first kappa shape index (κ1) is 23.0. The number of benzene rings is 2. The summed E-state index contributed by atoms with van der Waals surface area (Å²) in [5.74, 6) is 0.389. The van der Waals surface area contributed by atoms with Gasteiger partial charge < -0.3 is 5.32 Å². The molecule has 2 unspecified atom stereocenters. The van der Waals surface area contributed by atoms with E-state index in [1.807, 2.05) is 54.6 Å². The van der Waals surface area contributed by atoms with Crippen LogP contribution in [0.1, 0.15) is 55.1 Å². The van der Waals surface area contributed by atoms with E-state index in [4.69, 9.17) is 4.98 Å². The molecular weight excluding hydrogens is 426 g/mol. The summed E-state index contributed by atoms with van der Waals surface area (Å²) < 4.78 is 13.0. The van der Waals surface area contributed by atoms with E-state index in [1.165, 1.54) is 11.1 Å². The fourth-order valence-corrected chi connectivity index (χ4v) is 4.33. The lowest BCUT2D eigenvalue weighted by molar-refractivity contribution is 0.839. The van der Waals surface area contributed by atoms with Gasteiger partial charge in [-0.2, -0.15) is 0 Å². The molecule has 2 nitrogen and oxygen atoms in total. The summed E-state index contributed by atoms with van der Waals surface area (Å²) in [5.41, 5.74) is 7.46. The lowest BCUT2D eigenvalue weighted by atomic mass is 9.94. The maximum atomic E-state index is 13.0. The number of hydrogen-bond donors (Lipinski definition) is 1. The molecule has 1 heterocycles.